The molecule has 1 N–H and O–H groups in total. The molecule has 1 aromatic rings. The van der Waals surface area contributed by atoms with E-state index in [1.807, 2.05) is 30.5 Å². The van der Waals surface area contributed by atoms with Gasteiger partial charge in [0.15, 0.2) is 0 Å². The third kappa shape index (κ3) is 4.62. The maximum absolute atomic E-state index is 11.7. The van der Waals surface area contributed by atoms with Crippen LogP contribution in [0.4, 0.5) is 0 Å². The van der Waals surface area contributed by atoms with Crippen LogP contribution in [0.1, 0.15) is 32.1 Å². The van der Waals surface area contributed by atoms with Gasteiger partial charge in [0.1, 0.15) is 0 Å². The summed E-state index contributed by atoms with van der Waals surface area (Å²) in [6.07, 6.45) is 2.95. The summed E-state index contributed by atoms with van der Waals surface area (Å²) in [6, 6.07) is 4.00. The average Bonchev–Trinajstić information content (AvgIpc) is 2.69. The van der Waals surface area contributed by atoms with Crippen LogP contribution in [-0.4, -0.2) is 12.5 Å². The molecule has 0 aromatic carbocycles. The highest BCUT2D eigenvalue weighted by Gasteiger charge is 2.04. The minimum Gasteiger partial charge on any atom is -0.352 e. The lowest BCUT2D eigenvalue weighted by atomic mass is 10.1. The predicted octanol–water partition coefficient (Wildman–Crippen LogP) is 3.31. The molecule has 0 unspecified atom stereocenters. The van der Waals surface area contributed by atoms with Gasteiger partial charge in [0.2, 0.25) is 5.91 Å². The van der Waals surface area contributed by atoms with Gasteiger partial charge in [0, 0.05) is 17.0 Å². The standard InChI is InChI=1S/C13H19NOS/c1-10(2)6-7-14-13(15)11(3)9-12-5-4-8-16-12/h4-5,8-10H,6-7H2,1-3H3,(H,14,15)/b11-9+. The number of hydrogen-bond acceptors (Lipinski definition) is 2. The Morgan fingerprint density at radius 3 is 2.88 bits per heavy atom. The molecule has 0 atom stereocenters. The van der Waals surface area contributed by atoms with Crippen LogP contribution in [0.5, 0.6) is 0 Å². The largest absolute Gasteiger partial charge is 0.352 e. The molecule has 2 nitrogen and oxygen atoms in total. The number of thiophene rings is 1. The molecule has 0 saturated carbocycles. The van der Waals surface area contributed by atoms with Gasteiger partial charge in [-0.3, -0.25) is 4.79 Å². The van der Waals surface area contributed by atoms with E-state index in [2.05, 4.69) is 19.2 Å². The maximum atomic E-state index is 11.7. The van der Waals surface area contributed by atoms with Gasteiger partial charge in [0.05, 0.1) is 0 Å². The summed E-state index contributed by atoms with van der Waals surface area (Å²) in [6.45, 7) is 6.91. The van der Waals surface area contributed by atoms with Crippen molar-refractivity contribution in [1.82, 2.24) is 5.32 Å². The molecule has 0 spiro atoms. The number of hydrogen-bond donors (Lipinski definition) is 1. The second-order valence-corrected chi connectivity index (χ2v) is 5.26. The van der Waals surface area contributed by atoms with Crippen molar-refractivity contribution in [2.75, 3.05) is 6.54 Å². The molecule has 1 amide bonds. The SMILES string of the molecule is C/C(=C\c1cccs1)C(=O)NCCC(C)C. The van der Waals surface area contributed by atoms with E-state index in [0.29, 0.717) is 5.92 Å². The zero-order valence-electron chi connectivity index (χ0n) is 10.1. The first kappa shape index (κ1) is 13.0. The number of rotatable bonds is 5. The minimum atomic E-state index is 0.0362. The molecular formula is C13H19NOS. The second kappa shape index (κ2) is 6.48. The van der Waals surface area contributed by atoms with Crippen molar-refractivity contribution < 1.29 is 4.79 Å². The first-order valence-corrected chi connectivity index (χ1v) is 6.47. The average molecular weight is 237 g/mol. The Labute approximate surface area is 101 Å². The van der Waals surface area contributed by atoms with Gasteiger partial charge < -0.3 is 5.32 Å². The summed E-state index contributed by atoms with van der Waals surface area (Å²) in [7, 11) is 0. The molecule has 1 rings (SSSR count). The quantitative estimate of drug-likeness (QED) is 0.782. The van der Waals surface area contributed by atoms with E-state index in [-0.39, 0.29) is 5.91 Å². The van der Waals surface area contributed by atoms with Crippen LogP contribution in [0, 0.1) is 5.92 Å². The van der Waals surface area contributed by atoms with Crippen LogP contribution in [0.3, 0.4) is 0 Å². The zero-order valence-corrected chi connectivity index (χ0v) is 10.9. The Balaban J connectivity index is 2.42. The summed E-state index contributed by atoms with van der Waals surface area (Å²) in [5.74, 6) is 0.663. The maximum Gasteiger partial charge on any atom is 0.246 e. The van der Waals surface area contributed by atoms with Crippen LogP contribution in [-0.2, 0) is 4.79 Å². The normalized spacial score (nSPS) is 11.9. The van der Waals surface area contributed by atoms with E-state index < -0.39 is 0 Å². The van der Waals surface area contributed by atoms with Gasteiger partial charge in [-0.1, -0.05) is 19.9 Å². The number of nitrogens with one attached hydrogen (secondary N) is 1. The molecular weight excluding hydrogens is 218 g/mol. The fourth-order valence-corrected chi connectivity index (χ4v) is 1.98. The van der Waals surface area contributed by atoms with Crippen molar-refractivity contribution in [2.24, 2.45) is 5.92 Å². The Bertz CT molecular complexity index is 352. The Kier molecular flexibility index (Phi) is 5.26. The highest BCUT2D eigenvalue weighted by atomic mass is 32.1. The van der Waals surface area contributed by atoms with Crippen molar-refractivity contribution in [3.63, 3.8) is 0 Å². The highest BCUT2D eigenvalue weighted by molar-refractivity contribution is 7.10. The molecule has 3 heteroatoms. The fourth-order valence-electron chi connectivity index (χ4n) is 1.27. The van der Waals surface area contributed by atoms with Crippen LogP contribution < -0.4 is 5.32 Å². The van der Waals surface area contributed by atoms with E-state index in [0.717, 1.165) is 23.4 Å². The Morgan fingerprint density at radius 1 is 1.56 bits per heavy atom. The van der Waals surface area contributed by atoms with Crippen LogP contribution in [0.2, 0.25) is 0 Å². The summed E-state index contributed by atoms with van der Waals surface area (Å²) >= 11 is 1.64. The van der Waals surface area contributed by atoms with Crippen molar-refractivity contribution in [2.45, 2.75) is 27.2 Å². The van der Waals surface area contributed by atoms with Crippen molar-refractivity contribution in [3.8, 4) is 0 Å². The molecule has 0 bridgehead atoms. The fraction of sp³-hybridized carbons (Fsp3) is 0.462. The molecule has 16 heavy (non-hydrogen) atoms. The molecule has 0 radical (unpaired) electrons. The second-order valence-electron chi connectivity index (χ2n) is 4.28. The van der Waals surface area contributed by atoms with Gasteiger partial charge in [-0.05, 0) is 36.8 Å². The molecule has 0 saturated heterocycles. The van der Waals surface area contributed by atoms with Crippen molar-refractivity contribution in [3.05, 3.63) is 28.0 Å². The Hall–Kier alpha value is -1.09. The lowest BCUT2D eigenvalue weighted by molar-refractivity contribution is -0.117. The van der Waals surface area contributed by atoms with Gasteiger partial charge in [-0.2, -0.15) is 0 Å². The lowest BCUT2D eigenvalue weighted by Gasteiger charge is -2.07. The van der Waals surface area contributed by atoms with Gasteiger partial charge in [-0.15, -0.1) is 11.3 Å². The third-order valence-electron chi connectivity index (χ3n) is 2.27. The summed E-state index contributed by atoms with van der Waals surface area (Å²) in [4.78, 5) is 12.8. The first-order chi connectivity index (χ1) is 7.59. The van der Waals surface area contributed by atoms with Gasteiger partial charge in [-0.25, -0.2) is 0 Å². The number of carbonyl (C=O) groups is 1. The lowest BCUT2D eigenvalue weighted by Crippen LogP contribution is -2.25. The van der Waals surface area contributed by atoms with Crippen LogP contribution in [0.15, 0.2) is 23.1 Å². The number of carbonyl (C=O) groups excluding carboxylic acids is 1. The zero-order chi connectivity index (χ0) is 12.0. The monoisotopic (exact) mass is 237 g/mol. The first-order valence-electron chi connectivity index (χ1n) is 5.59. The molecule has 1 aromatic heterocycles. The van der Waals surface area contributed by atoms with E-state index >= 15 is 0 Å². The topological polar surface area (TPSA) is 29.1 Å². The van der Waals surface area contributed by atoms with E-state index in [1.54, 1.807) is 11.3 Å². The summed E-state index contributed by atoms with van der Waals surface area (Å²) in [5.41, 5.74) is 0.770. The molecule has 0 aliphatic heterocycles. The molecule has 1 heterocycles. The Morgan fingerprint density at radius 2 is 2.31 bits per heavy atom. The predicted molar refractivity (Wildman–Crippen MR) is 70.4 cm³/mol. The molecule has 0 fully saturated rings. The molecule has 88 valence electrons. The number of amides is 1. The van der Waals surface area contributed by atoms with E-state index in [4.69, 9.17) is 0 Å². The van der Waals surface area contributed by atoms with Crippen molar-refractivity contribution >= 4 is 23.3 Å². The highest BCUT2D eigenvalue weighted by Crippen LogP contribution is 2.13. The van der Waals surface area contributed by atoms with Gasteiger partial charge in [0.25, 0.3) is 0 Å². The van der Waals surface area contributed by atoms with Crippen LogP contribution >= 0.6 is 11.3 Å². The minimum absolute atomic E-state index is 0.0362. The summed E-state index contributed by atoms with van der Waals surface area (Å²) < 4.78 is 0. The third-order valence-corrected chi connectivity index (χ3v) is 3.09. The molecule has 0 aliphatic carbocycles. The smallest absolute Gasteiger partial charge is 0.246 e. The van der Waals surface area contributed by atoms with Crippen molar-refractivity contribution in [1.29, 1.82) is 0 Å². The van der Waals surface area contributed by atoms with Gasteiger partial charge >= 0.3 is 0 Å². The van der Waals surface area contributed by atoms with E-state index in [1.165, 1.54) is 0 Å². The molecule has 0 aliphatic rings. The van der Waals surface area contributed by atoms with E-state index in [9.17, 15) is 4.79 Å². The van der Waals surface area contributed by atoms with Crippen LogP contribution in [0.25, 0.3) is 6.08 Å². The summed E-state index contributed by atoms with van der Waals surface area (Å²) in [5, 5.41) is 4.93.